The normalized spacial score (nSPS) is 11.3. The zero-order valence-electron chi connectivity index (χ0n) is 12.6. The van der Waals surface area contributed by atoms with Crippen molar-refractivity contribution >= 4 is 34.7 Å². The summed E-state index contributed by atoms with van der Waals surface area (Å²) in [4.78, 5) is 7.12. The minimum Gasteiger partial charge on any atom is -0.312 e. The Morgan fingerprint density at radius 1 is 1.33 bits per heavy atom. The number of thiazole rings is 1. The van der Waals surface area contributed by atoms with E-state index in [1.807, 2.05) is 18.2 Å². The fourth-order valence-electron chi connectivity index (χ4n) is 1.89. The van der Waals surface area contributed by atoms with Crippen molar-refractivity contribution in [2.24, 2.45) is 5.92 Å². The Balaban J connectivity index is 1.91. The van der Waals surface area contributed by atoms with Gasteiger partial charge >= 0.3 is 0 Å². The maximum Gasteiger partial charge on any atom is 0.103 e. The summed E-state index contributed by atoms with van der Waals surface area (Å²) in [6.45, 7) is 8.49. The van der Waals surface area contributed by atoms with Crippen LogP contribution >= 0.6 is 34.7 Å². The first-order valence-corrected chi connectivity index (χ1v) is 9.27. The van der Waals surface area contributed by atoms with E-state index in [1.165, 1.54) is 9.88 Å². The number of benzene rings is 1. The van der Waals surface area contributed by atoms with E-state index in [0.29, 0.717) is 5.92 Å². The number of hydrogen-bond donors (Lipinski definition) is 1. The molecule has 0 unspecified atom stereocenters. The molecule has 21 heavy (non-hydrogen) atoms. The summed E-state index contributed by atoms with van der Waals surface area (Å²) in [5, 5.41) is 5.46. The van der Waals surface area contributed by atoms with Crippen molar-refractivity contribution in [3.63, 3.8) is 0 Å². The number of aromatic nitrogens is 1. The van der Waals surface area contributed by atoms with Crippen LogP contribution in [0.4, 0.5) is 0 Å². The Hall–Kier alpha value is -0.550. The predicted octanol–water partition coefficient (Wildman–Crippen LogP) is 5.14. The van der Waals surface area contributed by atoms with E-state index in [4.69, 9.17) is 11.6 Å². The van der Waals surface area contributed by atoms with Crippen molar-refractivity contribution in [1.29, 1.82) is 0 Å². The van der Waals surface area contributed by atoms with Crippen LogP contribution in [0.3, 0.4) is 0 Å². The number of thioether (sulfide) groups is 1. The van der Waals surface area contributed by atoms with Crippen molar-refractivity contribution in [2.75, 3.05) is 6.54 Å². The summed E-state index contributed by atoms with van der Waals surface area (Å²) < 4.78 is 0. The van der Waals surface area contributed by atoms with Gasteiger partial charge in [0.25, 0.3) is 0 Å². The molecule has 1 heterocycles. The minimum atomic E-state index is 0.675. The third-order valence-electron chi connectivity index (χ3n) is 2.96. The molecular weight excluding hydrogens is 320 g/mol. The molecule has 0 fully saturated rings. The highest BCUT2D eigenvalue weighted by Gasteiger charge is 2.09. The average Bonchev–Trinajstić information content (AvgIpc) is 2.78. The Morgan fingerprint density at radius 2 is 2.10 bits per heavy atom. The monoisotopic (exact) mass is 340 g/mol. The lowest BCUT2D eigenvalue weighted by atomic mass is 10.2. The summed E-state index contributed by atoms with van der Waals surface area (Å²) in [6, 6.07) is 7.96. The third kappa shape index (κ3) is 5.29. The van der Waals surface area contributed by atoms with E-state index in [-0.39, 0.29) is 0 Å². The zero-order chi connectivity index (χ0) is 15.2. The highest BCUT2D eigenvalue weighted by atomic mass is 35.5. The smallest absolute Gasteiger partial charge is 0.103 e. The van der Waals surface area contributed by atoms with Crippen LogP contribution < -0.4 is 5.32 Å². The van der Waals surface area contributed by atoms with Gasteiger partial charge in [-0.3, -0.25) is 0 Å². The number of halogens is 1. The van der Waals surface area contributed by atoms with Gasteiger partial charge in [-0.15, -0.1) is 23.1 Å². The van der Waals surface area contributed by atoms with E-state index >= 15 is 0 Å². The van der Waals surface area contributed by atoms with Gasteiger partial charge in [0.2, 0.25) is 0 Å². The summed E-state index contributed by atoms with van der Waals surface area (Å²) in [5.74, 6) is 1.55. The number of aryl methyl sites for hydroxylation is 1. The number of nitrogens with zero attached hydrogens (tertiary/aromatic N) is 1. The van der Waals surface area contributed by atoms with Gasteiger partial charge in [0, 0.05) is 16.3 Å². The standard InChI is InChI=1S/C16H21ClN2S2/c1-11(2)8-18-9-15-12(3)19-16(21-15)10-20-14-7-5-4-6-13(14)17/h4-7,11,18H,8-10H2,1-3H3. The highest BCUT2D eigenvalue weighted by molar-refractivity contribution is 7.98. The maximum atomic E-state index is 6.18. The zero-order valence-corrected chi connectivity index (χ0v) is 15.0. The molecule has 0 spiro atoms. The molecule has 0 radical (unpaired) electrons. The number of hydrogen-bond acceptors (Lipinski definition) is 4. The first-order valence-electron chi connectivity index (χ1n) is 7.09. The molecular formula is C16H21ClN2S2. The van der Waals surface area contributed by atoms with Crippen LogP contribution in [0.5, 0.6) is 0 Å². The van der Waals surface area contributed by atoms with Crippen LogP contribution in [0.15, 0.2) is 29.2 Å². The van der Waals surface area contributed by atoms with Gasteiger partial charge in [-0.25, -0.2) is 4.98 Å². The van der Waals surface area contributed by atoms with Crippen molar-refractivity contribution in [2.45, 2.75) is 38.0 Å². The van der Waals surface area contributed by atoms with Crippen molar-refractivity contribution in [3.8, 4) is 0 Å². The van der Waals surface area contributed by atoms with E-state index in [9.17, 15) is 0 Å². The highest BCUT2D eigenvalue weighted by Crippen LogP contribution is 2.31. The third-order valence-corrected chi connectivity index (χ3v) is 5.83. The van der Waals surface area contributed by atoms with E-state index < -0.39 is 0 Å². The quantitative estimate of drug-likeness (QED) is 0.706. The van der Waals surface area contributed by atoms with Crippen molar-refractivity contribution in [3.05, 3.63) is 44.9 Å². The first-order chi connectivity index (χ1) is 10.1. The van der Waals surface area contributed by atoms with Crippen LogP contribution in [0, 0.1) is 12.8 Å². The van der Waals surface area contributed by atoms with Crippen molar-refractivity contribution < 1.29 is 0 Å². The summed E-state index contributed by atoms with van der Waals surface area (Å²) in [5.41, 5.74) is 1.14. The largest absolute Gasteiger partial charge is 0.312 e. The first kappa shape index (κ1) is 16.8. The second-order valence-electron chi connectivity index (χ2n) is 5.36. The summed E-state index contributed by atoms with van der Waals surface area (Å²) >= 11 is 9.72. The lowest BCUT2D eigenvalue weighted by molar-refractivity contribution is 0.554. The molecule has 0 aliphatic rings. The van der Waals surface area contributed by atoms with Crippen LogP contribution in [0.1, 0.15) is 29.4 Å². The summed E-state index contributed by atoms with van der Waals surface area (Å²) in [7, 11) is 0. The second-order valence-corrected chi connectivity index (χ2v) is 7.95. The van der Waals surface area contributed by atoms with Gasteiger partial charge in [-0.1, -0.05) is 37.6 Å². The van der Waals surface area contributed by atoms with Crippen LogP contribution in [0.25, 0.3) is 0 Å². The molecule has 5 heteroatoms. The Bertz CT molecular complexity index is 581. The van der Waals surface area contributed by atoms with Crippen LogP contribution in [0.2, 0.25) is 5.02 Å². The Morgan fingerprint density at radius 3 is 2.81 bits per heavy atom. The number of nitrogens with one attached hydrogen (secondary N) is 1. The van der Waals surface area contributed by atoms with Gasteiger partial charge in [-0.05, 0) is 31.5 Å². The van der Waals surface area contributed by atoms with Gasteiger partial charge < -0.3 is 5.32 Å². The fraction of sp³-hybridized carbons (Fsp3) is 0.438. The molecule has 2 aromatic rings. The molecule has 0 bridgehead atoms. The molecule has 1 aromatic heterocycles. The number of rotatable bonds is 7. The average molecular weight is 341 g/mol. The Labute approximate surface area is 140 Å². The molecule has 0 saturated carbocycles. The fourth-order valence-corrected chi connectivity index (χ4v) is 4.16. The minimum absolute atomic E-state index is 0.675. The van der Waals surface area contributed by atoms with Crippen LogP contribution in [-0.2, 0) is 12.3 Å². The lowest BCUT2D eigenvalue weighted by Crippen LogP contribution is -2.18. The van der Waals surface area contributed by atoms with Crippen LogP contribution in [-0.4, -0.2) is 11.5 Å². The van der Waals surface area contributed by atoms with E-state index in [1.54, 1.807) is 23.1 Å². The summed E-state index contributed by atoms with van der Waals surface area (Å²) in [6.07, 6.45) is 0. The predicted molar refractivity (Wildman–Crippen MR) is 94.4 cm³/mol. The molecule has 0 amide bonds. The van der Waals surface area contributed by atoms with Gasteiger partial charge in [0.05, 0.1) is 16.5 Å². The molecule has 1 aromatic carbocycles. The molecule has 0 aliphatic carbocycles. The van der Waals surface area contributed by atoms with Gasteiger partial charge in [0.15, 0.2) is 0 Å². The maximum absolute atomic E-state index is 6.18. The van der Waals surface area contributed by atoms with Gasteiger partial charge in [0.1, 0.15) is 5.01 Å². The van der Waals surface area contributed by atoms with Gasteiger partial charge in [-0.2, -0.15) is 0 Å². The molecule has 1 N–H and O–H groups in total. The topological polar surface area (TPSA) is 24.9 Å². The van der Waals surface area contributed by atoms with E-state index in [2.05, 4.69) is 37.1 Å². The second kappa shape index (κ2) is 8.18. The molecule has 114 valence electrons. The molecule has 0 saturated heterocycles. The molecule has 0 atom stereocenters. The molecule has 2 rings (SSSR count). The van der Waals surface area contributed by atoms with E-state index in [0.717, 1.165) is 34.5 Å². The molecule has 0 aliphatic heterocycles. The SMILES string of the molecule is Cc1nc(CSc2ccccc2Cl)sc1CNCC(C)C. The van der Waals surface area contributed by atoms with Crippen molar-refractivity contribution in [1.82, 2.24) is 10.3 Å². The molecule has 2 nitrogen and oxygen atoms in total. The Kier molecular flexibility index (Phi) is 6.55. The lowest BCUT2D eigenvalue weighted by Gasteiger charge is -2.05.